The minimum absolute atomic E-state index is 0.950. The van der Waals surface area contributed by atoms with Gasteiger partial charge in [-0.15, -0.1) is 0 Å². The van der Waals surface area contributed by atoms with Crippen LogP contribution in [0.1, 0.15) is 0 Å². The Bertz CT molecular complexity index is 2760. The monoisotopic (exact) mass is 611 g/mol. The molecule has 3 heteroatoms. The predicted octanol–water partition coefficient (Wildman–Crippen LogP) is 11.8. The van der Waals surface area contributed by atoms with Gasteiger partial charge in [-0.1, -0.05) is 133 Å². The molecule has 0 saturated heterocycles. The number of hydrogen-bond acceptors (Lipinski definition) is 1. The van der Waals surface area contributed by atoms with Gasteiger partial charge < -0.3 is 9.13 Å². The molecule has 0 aliphatic carbocycles. The van der Waals surface area contributed by atoms with E-state index in [1.165, 1.54) is 60.1 Å². The minimum atomic E-state index is 0.950. The van der Waals surface area contributed by atoms with E-state index in [1.54, 1.807) is 0 Å². The largest absolute Gasteiger partial charge is 0.309 e. The molecule has 0 unspecified atom stereocenters. The van der Waals surface area contributed by atoms with Crippen LogP contribution in [0.25, 0.3) is 88.3 Å². The minimum Gasteiger partial charge on any atom is -0.309 e. The molecule has 3 aromatic heterocycles. The van der Waals surface area contributed by atoms with Crippen LogP contribution in [0, 0.1) is 0 Å². The van der Waals surface area contributed by atoms with Crippen LogP contribution in [-0.2, 0) is 0 Å². The molecule has 0 amide bonds. The van der Waals surface area contributed by atoms with E-state index in [2.05, 4.69) is 185 Å². The Morgan fingerprint density at radius 3 is 1.44 bits per heavy atom. The number of pyridine rings is 1. The zero-order valence-corrected chi connectivity index (χ0v) is 26.1. The maximum Gasteiger partial charge on any atom is 0.0730 e. The molecule has 224 valence electrons. The van der Waals surface area contributed by atoms with Crippen LogP contribution in [0.2, 0.25) is 0 Å². The van der Waals surface area contributed by atoms with E-state index < -0.39 is 0 Å². The van der Waals surface area contributed by atoms with Crippen molar-refractivity contribution >= 4 is 54.4 Å². The molecule has 7 aromatic carbocycles. The summed E-state index contributed by atoms with van der Waals surface area (Å²) < 4.78 is 4.88. The molecular weight excluding hydrogens is 583 g/mol. The molecule has 0 spiro atoms. The number of nitrogens with zero attached hydrogens (tertiary/aromatic N) is 3. The summed E-state index contributed by atoms with van der Waals surface area (Å²) in [7, 11) is 0. The van der Waals surface area contributed by atoms with Gasteiger partial charge in [0.05, 0.1) is 44.8 Å². The van der Waals surface area contributed by atoms with Crippen molar-refractivity contribution in [2.24, 2.45) is 0 Å². The fourth-order valence-corrected chi connectivity index (χ4v) is 7.53. The van der Waals surface area contributed by atoms with E-state index in [-0.39, 0.29) is 0 Å². The Morgan fingerprint density at radius 1 is 0.333 bits per heavy atom. The highest BCUT2D eigenvalue weighted by Crippen LogP contribution is 2.41. The van der Waals surface area contributed by atoms with Crippen LogP contribution in [0.15, 0.2) is 176 Å². The molecule has 0 fully saturated rings. The number of rotatable bonds is 4. The lowest BCUT2D eigenvalue weighted by molar-refractivity contribution is 1.16. The van der Waals surface area contributed by atoms with Gasteiger partial charge in [-0.2, -0.15) is 0 Å². The predicted molar refractivity (Wildman–Crippen MR) is 201 cm³/mol. The second-order valence-corrected chi connectivity index (χ2v) is 12.4. The lowest BCUT2D eigenvalue weighted by Crippen LogP contribution is -1.98. The molecular formula is C45H29N3. The third-order valence-electron chi connectivity index (χ3n) is 9.68. The van der Waals surface area contributed by atoms with Gasteiger partial charge in [-0.05, 0) is 47.9 Å². The standard InChI is InChI=1S/C45H29N3/c1-3-15-31(16-4-1)39-26-33(27-40(46-39)32-17-5-2-6-18-32)47-42-23-11-9-21-35(42)37-29-45-38(28-44(37)47)36-22-10-12-24-43(36)48(45)41-25-13-19-30-14-7-8-20-34(30)41/h1-29H. The van der Waals surface area contributed by atoms with Gasteiger partial charge in [-0.3, -0.25) is 0 Å². The fourth-order valence-electron chi connectivity index (χ4n) is 7.53. The van der Waals surface area contributed by atoms with Gasteiger partial charge in [0.25, 0.3) is 0 Å². The highest BCUT2D eigenvalue weighted by atomic mass is 15.0. The molecule has 0 radical (unpaired) electrons. The van der Waals surface area contributed by atoms with Crippen LogP contribution in [0.5, 0.6) is 0 Å². The van der Waals surface area contributed by atoms with E-state index >= 15 is 0 Å². The summed E-state index contributed by atoms with van der Waals surface area (Å²) in [6.07, 6.45) is 0. The molecule has 0 aliphatic rings. The summed E-state index contributed by atoms with van der Waals surface area (Å²) in [6.45, 7) is 0. The first-order valence-electron chi connectivity index (χ1n) is 16.4. The quantitative estimate of drug-likeness (QED) is 0.194. The molecule has 3 heterocycles. The first kappa shape index (κ1) is 26.7. The summed E-state index contributed by atoms with van der Waals surface area (Å²) in [5, 5.41) is 7.40. The van der Waals surface area contributed by atoms with Crippen molar-refractivity contribution in [2.45, 2.75) is 0 Å². The van der Waals surface area contributed by atoms with Crippen molar-refractivity contribution in [2.75, 3.05) is 0 Å². The number of aromatic nitrogens is 3. The third-order valence-corrected chi connectivity index (χ3v) is 9.68. The van der Waals surface area contributed by atoms with Crippen LogP contribution in [0.4, 0.5) is 0 Å². The Kier molecular flexibility index (Phi) is 5.87. The molecule has 10 rings (SSSR count). The Morgan fingerprint density at radius 2 is 0.812 bits per heavy atom. The molecule has 3 nitrogen and oxygen atoms in total. The lowest BCUT2D eigenvalue weighted by Gasteiger charge is -2.13. The lowest BCUT2D eigenvalue weighted by atomic mass is 10.1. The highest BCUT2D eigenvalue weighted by molar-refractivity contribution is 6.19. The normalized spacial score (nSPS) is 11.8. The average Bonchev–Trinajstić information content (AvgIpc) is 3.66. The Hall–Kier alpha value is -6.45. The number of para-hydroxylation sites is 2. The van der Waals surface area contributed by atoms with Crippen LogP contribution >= 0.6 is 0 Å². The Labute approximate surface area is 277 Å². The van der Waals surface area contributed by atoms with Gasteiger partial charge >= 0.3 is 0 Å². The van der Waals surface area contributed by atoms with E-state index in [4.69, 9.17) is 4.98 Å². The van der Waals surface area contributed by atoms with Crippen molar-refractivity contribution in [1.29, 1.82) is 0 Å². The second kappa shape index (κ2) is 10.5. The first-order chi connectivity index (χ1) is 23.8. The first-order valence-corrected chi connectivity index (χ1v) is 16.4. The third kappa shape index (κ3) is 4.04. The maximum atomic E-state index is 5.18. The van der Waals surface area contributed by atoms with Gasteiger partial charge in [0.2, 0.25) is 0 Å². The SMILES string of the molecule is c1ccc(-c2cc(-n3c4ccccc4c4cc5c(cc43)c3ccccc3n5-c3cccc4ccccc34)cc(-c3ccccc3)n2)cc1. The summed E-state index contributed by atoms with van der Waals surface area (Å²) >= 11 is 0. The Balaban J connectivity index is 1.32. The summed E-state index contributed by atoms with van der Waals surface area (Å²) in [4.78, 5) is 5.18. The molecule has 0 N–H and O–H groups in total. The molecule has 0 bridgehead atoms. The highest BCUT2D eigenvalue weighted by Gasteiger charge is 2.20. The van der Waals surface area contributed by atoms with Gasteiger partial charge in [0.15, 0.2) is 0 Å². The summed E-state index contributed by atoms with van der Waals surface area (Å²) in [5.41, 5.74) is 11.1. The van der Waals surface area contributed by atoms with E-state index in [0.29, 0.717) is 0 Å². The second-order valence-electron chi connectivity index (χ2n) is 12.4. The summed E-state index contributed by atoms with van der Waals surface area (Å²) in [5.74, 6) is 0. The maximum absolute atomic E-state index is 5.18. The van der Waals surface area contributed by atoms with E-state index in [1.807, 2.05) is 0 Å². The van der Waals surface area contributed by atoms with E-state index in [0.717, 1.165) is 28.2 Å². The van der Waals surface area contributed by atoms with Crippen molar-refractivity contribution in [3.63, 3.8) is 0 Å². The van der Waals surface area contributed by atoms with Crippen LogP contribution in [0.3, 0.4) is 0 Å². The number of fused-ring (bicyclic) bond motifs is 7. The van der Waals surface area contributed by atoms with Gasteiger partial charge in [0, 0.05) is 38.1 Å². The fraction of sp³-hybridized carbons (Fsp3) is 0. The smallest absolute Gasteiger partial charge is 0.0730 e. The van der Waals surface area contributed by atoms with Crippen LogP contribution in [-0.4, -0.2) is 14.1 Å². The van der Waals surface area contributed by atoms with Gasteiger partial charge in [-0.25, -0.2) is 4.98 Å². The van der Waals surface area contributed by atoms with E-state index in [9.17, 15) is 0 Å². The topological polar surface area (TPSA) is 22.8 Å². The molecule has 0 aliphatic heterocycles. The number of benzene rings is 7. The average molecular weight is 612 g/mol. The van der Waals surface area contributed by atoms with Crippen molar-refractivity contribution in [1.82, 2.24) is 14.1 Å². The zero-order valence-electron chi connectivity index (χ0n) is 26.1. The van der Waals surface area contributed by atoms with Gasteiger partial charge in [0.1, 0.15) is 0 Å². The van der Waals surface area contributed by atoms with Crippen LogP contribution < -0.4 is 0 Å². The van der Waals surface area contributed by atoms with Crippen molar-refractivity contribution in [3.8, 4) is 33.9 Å². The molecule has 0 saturated carbocycles. The van der Waals surface area contributed by atoms with Crippen molar-refractivity contribution in [3.05, 3.63) is 176 Å². The number of hydrogen-bond donors (Lipinski definition) is 0. The molecule has 10 aromatic rings. The summed E-state index contributed by atoms with van der Waals surface area (Å²) in [6, 6.07) is 63.1. The molecule has 0 atom stereocenters. The zero-order chi connectivity index (χ0) is 31.6. The molecule has 48 heavy (non-hydrogen) atoms. The van der Waals surface area contributed by atoms with Crippen molar-refractivity contribution < 1.29 is 0 Å².